The number of rotatable bonds is 8. The fourth-order valence-corrected chi connectivity index (χ4v) is 4.64. The van der Waals surface area contributed by atoms with Crippen LogP contribution in [0.4, 0.5) is 0 Å². The Labute approximate surface area is 172 Å². The highest BCUT2D eigenvalue weighted by molar-refractivity contribution is 5.44. The van der Waals surface area contributed by atoms with Crippen LogP contribution in [-0.2, 0) is 6.42 Å². The Morgan fingerprint density at radius 1 is 1.21 bits per heavy atom. The molecular formula is C22H32N4O3. The van der Waals surface area contributed by atoms with E-state index in [-0.39, 0.29) is 6.04 Å². The molecule has 1 aromatic carbocycles. The molecule has 0 spiro atoms. The highest BCUT2D eigenvalue weighted by Gasteiger charge is 2.35. The van der Waals surface area contributed by atoms with E-state index in [0.717, 1.165) is 61.8 Å². The lowest BCUT2D eigenvalue weighted by Gasteiger charge is -2.28. The highest BCUT2D eigenvalue weighted by atomic mass is 16.5. The van der Waals surface area contributed by atoms with Gasteiger partial charge in [0.1, 0.15) is 11.5 Å². The van der Waals surface area contributed by atoms with E-state index < -0.39 is 0 Å². The molecule has 0 amide bonds. The monoisotopic (exact) mass is 400 g/mol. The average molecular weight is 401 g/mol. The van der Waals surface area contributed by atoms with Crippen LogP contribution in [0.1, 0.15) is 55.3 Å². The fraction of sp³-hybridized carbons (Fsp3) is 0.591. The number of aryl methyl sites for hydroxylation is 1. The third-order valence-corrected chi connectivity index (χ3v) is 6.11. The van der Waals surface area contributed by atoms with Crippen molar-refractivity contribution in [3.63, 3.8) is 0 Å². The van der Waals surface area contributed by atoms with E-state index in [4.69, 9.17) is 14.0 Å². The van der Waals surface area contributed by atoms with Crippen LogP contribution in [0.25, 0.3) is 0 Å². The molecule has 2 saturated heterocycles. The second kappa shape index (κ2) is 9.15. The van der Waals surface area contributed by atoms with Gasteiger partial charge in [0.2, 0.25) is 0 Å². The van der Waals surface area contributed by atoms with Gasteiger partial charge in [-0.2, -0.15) is 0 Å². The smallest absolute Gasteiger partial charge is 0.161 e. The minimum Gasteiger partial charge on any atom is -0.493 e. The largest absolute Gasteiger partial charge is 0.493 e. The summed E-state index contributed by atoms with van der Waals surface area (Å²) in [6.45, 7) is 5.22. The summed E-state index contributed by atoms with van der Waals surface area (Å²) in [7, 11) is 3.35. The van der Waals surface area contributed by atoms with Crippen molar-refractivity contribution in [2.75, 3.05) is 33.9 Å². The van der Waals surface area contributed by atoms with Crippen molar-refractivity contribution in [2.45, 2.75) is 44.7 Å². The first-order valence-corrected chi connectivity index (χ1v) is 10.6. The van der Waals surface area contributed by atoms with Crippen LogP contribution in [0.2, 0.25) is 0 Å². The number of hydrazine groups is 1. The molecule has 0 radical (unpaired) electrons. The summed E-state index contributed by atoms with van der Waals surface area (Å²) in [5.41, 5.74) is 9.11. The topological polar surface area (TPSA) is 71.8 Å². The molecule has 0 bridgehead atoms. The first-order chi connectivity index (χ1) is 14.2. The molecule has 7 heteroatoms. The Morgan fingerprint density at radius 3 is 2.86 bits per heavy atom. The lowest BCUT2D eigenvalue weighted by atomic mass is 9.93. The van der Waals surface area contributed by atoms with Gasteiger partial charge in [-0.15, -0.1) is 0 Å². The molecule has 2 N–H and O–H groups in total. The maximum absolute atomic E-state index is 5.55. The second-order valence-electron chi connectivity index (χ2n) is 8.00. The number of hydrogen-bond donors (Lipinski definition) is 2. The van der Waals surface area contributed by atoms with Crippen LogP contribution < -0.4 is 20.3 Å². The van der Waals surface area contributed by atoms with Gasteiger partial charge in [0.05, 0.1) is 26.3 Å². The van der Waals surface area contributed by atoms with E-state index in [2.05, 4.69) is 46.0 Å². The van der Waals surface area contributed by atoms with Crippen LogP contribution in [-0.4, -0.2) is 43.9 Å². The maximum Gasteiger partial charge on any atom is 0.161 e. The number of nitrogens with zero attached hydrogens (tertiary/aromatic N) is 2. The fourth-order valence-electron chi connectivity index (χ4n) is 4.64. The molecule has 29 heavy (non-hydrogen) atoms. The second-order valence-corrected chi connectivity index (χ2v) is 8.00. The van der Waals surface area contributed by atoms with Crippen LogP contribution >= 0.6 is 0 Å². The summed E-state index contributed by atoms with van der Waals surface area (Å²) in [5.74, 6) is 2.98. The van der Waals surface area contributed by atoms with Crippen molar-refractivity contribution in [1.29, 1.82) is 0 Å². The van der Waals surface area contributed by atoms with Gasteiger partial charge >= 0.3 is 0 Å². The maximum atomic E-state index is 5.55. The van der Waals surface area contributed by atoms with Gasteiger partial charge in [-0.1, -0.05) is 18.1 Å². The molecule has 2 aliphatic heterocycles. The Balaban J connectivity index is 1.47. The van der Waals surface area contributed by atoms with Gasteiger partial charge in [0.25, 0.3) is 0 Å². The first kappa shape index (κ1) is 20.2. The van der Waals surface area contributed by atoms with Crippen LogP contribution in [0.3, 0.4) is 0 Å². The number of hydrogen-bond acceptors (Lipinski definition) is 7. The molecule has 2 aliphatic rings. The Bertz CT molecular complexity index is 809. The molecule has 3 heterocycles. The SMILES string of the molecule is CCCc1cc(C2CCCN2CC2CNNC2c2ccc(OC)c(OC)c2)no1. The van der Waals surface area contributed by atoms with Crippen molar-refractivity contribution in [1.82, 2.24) is 20.9 Å². The number of likely N-dealkylation sites (tertiary alicyclic amines) is 1. The summed E-state index contributed by atoms with van der Waals surface area (Å²) < 4.78 is 16.4. The van der Waals surface area contributed by atoms with Gasteiger partial charge in [-0.25, -0.2) is 5.43 Å². The van der Waals surface area contributed by atoms with E-state index in [1.54, 1.807) is 14.2 Å². The first-order valence-electron chi connectivity index (χ1n) is 10.6. The number of nitrogens with one attached hydrogen (secondary N) is 2. The molecule has 2 fully saturated rings. The zero-order valence-corrected chi connectivity index (χ0v) is 17.6. The quantitative estimate of drug-likeness (QED) is 0.705. The van der Waals surface area contributed by atoms with E-state index in [1.807, 2.05) is 6.07 Å². The summed E-state index contributed by atoms with van der Waals surface area (Å²) in [6, 6.07) is 8.92. The molecule has 158 valence electrons. The number of aromatic nitrogens is 1. The Hall–Kier alpha value is -2.09. The standard InChI is InChI=1S/C22H32N4O3/c1-4-6-17-12-18(25-29-17)19-7-5-10-26(19)14-16-13-23-24-22(16)15-8-9-20(27-2)21(11-15)28-3/h8-9,11-12,16,19,22-24H,4-7,10,13-14H2,1-3H3. The van der Waals surface area contributed by atoms with Gasteiger partial charge in [-0.05, 0) is 43.5 Å². The predicted molar refractivity (Wildman–Crippen MR) is 111 cm³/mol. The summed E-state index contributed by atoms with van der Waals surface area (Å²) >= 11 is 0. The predicted octanol–water partition coefficient (Wildman–Crippen LogP) is 3.25. The van der Waals surface area contributed by atoms with Crippen molar-refractivity contribution >= 4 is 0 Å². The van der Waals surface area contributed by atoms with Gasteiger partial charge in [-0.3, -0.25) is 10.3 Å². The number of methoxy groups -OCH3 is 2. The van der Waals surface area contributed by atoms with Crippen LogP contribution in [0.5, 0.6) is 11.5 Å². The van der Waals surface area contributed by atoms with Gasteiger partial charge in [0.15, 0.2) is 11.5 Å². The molecule has 1 aromatic heterocycles. The van der Waals surface area contributed by atoms with E-state index in [9.17, 15) is 0 Å². The third kappa shape index (κ3) is 4.27. The molecular weight excluding hydrogens is 368 g/mol. The molecule has 0 saturated carbocycles. The molecule has 3 atom stereocenters. The normalized spacial score (nSPS) is 24.9. The molecule has 0 aliphatic carbocycles. The van der Waals surface area contributed by atoms with Gasteiger partial charge < -0.3 is 14.0 Å². The lowest BCUT2D eigenvalue weighted by molar-refractivity contribution is 0.203. The van der Waals surface area contributed by atoms with E-state index in [1.165, 1.54) is 12.0 Å². The average Bonchev–Trinajstić information content (AvgIpc) is 3.49. The number of benzene rings is 1. The summed E-state index contributed by atoms with van der Waals surface area (Å²) in [4.78, 5) is 2.57. The van der Waals surface area contributed by atoms with Crippen molar-refractivity contribution in [3.05, 3.63) is 41.3 Å². The molecule has 4 rings (SSSR count). The zero-order chi connectivity index (χ0) is 20.2. The summed E-state index contributed by atoms with van der Waals surface area (Å²) in [6.07, 6.45) is 4.38. The minimum atomic E-state index is 0.226. The van der Waals surface area contributed by atoms with Crippen LogP contribution in [0, 0.1) is 5.92 Å². The molecule has 2 aromatic rings. The van der Waals surface area contributed by atoms with Crippen LogP contribution in [0.15, 0.2) is 28.8 Å². The van der Waals surface area contributed by atoms with Crippen molar-refractivity contribution in [2.24, 2.45) is 5.92 Å². The third-order valence-electron chi connectivity index (χ3n) is 6.11. The Morgan fingerprint density at radius 2 is 2.07 bits per heavy atom. The van der Waals surface area contributed by atoms with E-state index >= 15 is 0 Å². The number of ether oxygens (including phenoxy) is 2. The summed E-state index contributed by atoms with van der Waals surface area (Å²) in [5, 5.41) is 4.38. The Kier molecular flexibility index (Phi) is 6.37. The highest BCUT2D eigenvalue weighted by Crippen LogP contribution is 2.37. The molecule has 3 unspecified atom stereocenters. The van der Waals surface area contributed by atoms with Crippen molar-refractivity contribution < 1.29 is 14.0 Å². The van der Waals surface area contributed by atoms with Crippen molar-refractivity contribution in [3.8, 4) is 11.5 Å². The minimum absolute atomic E-state index is 0.226. The molecule has 7 nitrogen and oxygen atoms in total. The van der Waals surface area contributed by atoms with E-state index in [0.29, 0.717) is 12.0 Å². The zero-order valence-electron chi connectivity index (χ0n) is 17.6. The van der Waals surface area contributed by atoms with Gasteiger partial charge in [0, 0.05) is 31.5 Å². The lowest BCUT2D eigenvalue weighted by Crippen LogP contribution is -2.33.